The molecule has 1 heterocycles. The minimum Gasteiger partial charge on any atom is -0.339 e. The fraction of sp³-hybridized carbons (Fsp3) is 0.316. The van der Waals surface area contributed by atoms with Crippen LogP contribution in [0.1, 0.15) is 29.8 Å². The van der Waals surface area contributed by atoms with Crippen LogP contribution in [0.15, 0.2) is 47.4 Å². The summed E-state index contributed by atoms with van der Waals surface area (Å²) in [5, 5.41) is 2.49. The normalized spacial score (nSPS) is 11.2. The molecule has 0 fully saturated rings. The topological polar surface area (TPSA) is 71.4 Å². The van der Waals surface area contributed by atoms with Gasteiger partial charge in [0.15, 0.2) is 0 Å². The average Bonchev–Trinajstić information content (AvgIpc) is 2.64. The van der Waals surface area contributed by atoms with Crippen molar-refractivity contribution in [3.05, 3.63) is 64.1 Å². The quantitative estimate of drug-likeness (QED) is 0.818. The number of hydrogen-bond acceptors (Lipinski definition) is 3. The molecule has 0 saturated heterocycles. The number of nitrogens with zero attached hydrogens (tertiary/aromatic N) is 2. The van der Waals surface area contributed by atoms with Gasteiger partial charge in [-0.3, -0.25) is 14.4 Å². The zero-order chi connectivity index (χ0) is 20.9. The Bertz CT molecular complexity index is 901. The van der Waals surface area contributed by atoms with Crippen molar-refractivity contribution in [1.82, 2.24) is 9.47 Å². The van der Waals surface area contributed by atoms with Crippen LogP contribution < -0.4 is 10.9 Å². The molecule has 1 aromatic carbocycles. The Labute approximate surface area is 159 Å². The molecule has 2 amide bonds. The number of hydrogen-bond donors (Lipinski definition) is 1. The summed E-state index contributed by atoms with van der Waals surface area (Å²) >= 11 is 0. The van der Waals surface area contributed by atoms with E-state index in [9.17, 15) is 27.6 Å². The van der Waals surface area contributed by atoms with Crippen molar-refractivity contribution in [3.8, 4) is 0 Å². The SMILES string of the molecule is CCN(CC)C(=O)c1ccc(NC(=O)Cn2cc(C(F)(F)F)ccc2=O)cc1. The maximum Gasteiger partial charge on any atom is 0.417 e. The summed E-state index contributed by atoms with van der Waals surface area (Å²) in [5.41, 5.74) is -0.917. The third-order valence-corrected chi connectivity index (χ3v) is 4.09. The van der Waals surface area contributed by atoms with E-state index in [-0.39, 0.29) is 5.91 Å². The number of aromatic nitrogens is 1. The lowest BCUT2D eigenvalue weighted by Gasteiger charge is -2.18. The van der Waals surface area contributed by atoms with Gasteiger partial charge in [-0.15, -0.1) is 0 Å². The van der Waals surface area contributed by atoms with E-state index in [1.807, 2.05) is 13.8 Å². The van der Waals surface area contributed by atoms with Gasteiger partial charge in [0, 0.05) is 36.6 Å². The van der Waals surface area contributed by atoms with Gasteiger partial charge < -0.3 is 14.8 Å². The van der Waals surface area contributed by atoms with E-state index in [0.29, 0.717) is 41.2 Å². The molecule has 0 bridgehead atoms. The number of anilines is 1. The van der Waals surface area contributed by atoms with Crippen molar-refractivity contribution in [1.29, 1.82) is 0 Å². The monoisotopic (exact) mass is 395 g/mol. The van der Waals surface area contributed by atoms with Crippen LogP contribution in [0.5, 0.6) is 0 Å². The Hall–Kier alpha value is -3.10. The molecule has 1 N–H and O–H groups in total. The molecule has 6 nitrogen and oxygen atoms in total. The van der Waals surface area contributed by atoms with E-state index in [2.05, 4.69) is 5.32 Å². The van der Waals surface area contributed by atoms with Crippen molar-refractivity contribution in [3.63, 3.8) is 0 Å². The zero-order valence-electron chi connectivity index (χ0n) is 15.4. The minimum atomic E-state index is -4.61. The lowest BCUT2D eigenvalue weighted by atomic mass is 10.1. The first-order valence-corrected chi connectivity index (χ1v) is 8.62. The van der Waals surface area contributed by atoms with Gasteiger partial charge >= 0.3 is 6.18 Å². The number of halogens is 3. The van der Waals surface area contributed by atoms with Gasteiger partial charge in [-0.1, -0.05) is 0 Å². The number of alkyl halides is 3. The van der Waals surface area contributed by atoms with Crippen LogP contribution in [-0.2, 0) is 17.5 Å². The second-order valence-electron chi connectivity index (χ2n) is 5.98. The van der Waals surface area contributed by atoms with Crippen molar-refractivity contribution in [2.75, 3.05) is 18.4 Å². The van der Waals surface area contributed by atoms with Crippen molar-refractivity contribution >= 4 is 17.5 Å². The smallest absolute Gasteiger partial charge is 0.339 e. The van der Waals surface area contributed by atoms with Crippen LogP contribution in [0.2, 0.25) is 0 Å². The standard InChI is InChI=1S/C19H20F3N3O3/c1-3-24(4-2)18(28)13-5-8-15(9-6-13)23-16(26)12-25-11-14(19(20,21)22)7-10-17(25)27/h5-11H,3-4,12H2,1-2H3,(H,23,26). The summed E-state index contributed by atoms with van der Waals surface area (Å²) in [6, 6.07) is 7.57. The maximum atomic E-state index is 12.7. The van der Waals surface area contributed by atoms with Gasteiger partial charge in [0.1, 0.15) is 6.54 Å². The molecule has 1 aromatic heterocycles. The van der Waals surface area contributed by atoms with Gasteiger partial charge in [-0.25, -0.2) is 0 Å². The van der Waals surface area contributed by atoms with Crippen molar-refractivity contribution < 1.29 is 22.8 Å². The number of benzene rings is 1. The summed E-state index contributed by atoms with van der Waals surface area (Å²) in [7, 11) is 0. The Morgan fingerprint density at radius 3 is 2.18 bits per heavy atom. The average molecular weight is 395 g/mol. The molecule has 0 radical (unpaired) electrons. The third kappa shape index (κ3) is 5.21. The van der Waals surface area contributed by atoms with E-state index in [4.69, 9.17) is 0 Å². The molecule has 2 rings (SSSR count). The first kappa shape index (κ1) is 21.2. The Morgan fingerprint density at radius 1 is 1.04 bits per heavy atom. The number of nitrogens with one attached hydrogen (secondary N) is 1. The van der Waals surface area contributed by atoms with E-state index in [1.165, 1.54) is 12.1 Å². The predicted octanol–water partition coefficient (Wildman–Crippen LogP) is 2.99. The van der Waals surface area contributed by atoms with Crippen LogP contribution in [0.25, 0.3) is 0 Å². The van der Waals surface area contributed by atoms with Gasteiger partial charge in [0.2, 0.25) is 5.91 Å². The minimum absolute atomic E-state index is 0.140. The second kappa shape index (κ2) is 8.73. The van der Waals surface area contributed by atoms with Gasteiger partial charge in [0.05, 0.1) is 5.56 Å². The first-order valence-electron chi connectivity index (χ1n) is 8.62. The van der Waals surface area contributed by atoms with Gasteiger partial charge in [0.25, 0.3) is 11.5 Å². The van der Waals surface area contributed by atoms with Gasteiger partial charge in [-0.05, 0) is 44.2 Å². The summed E-state index contributed by atoms with van der Waals surface area (Å²) in [4.78, 5) is 37.7. The van der Waals surface area contributed by atoms with Crippen LogP contribution in [-0.4, -0.2) is 34.4 Å². The Balaban J connectivity index is 2.08. The summed E-state index contributed by atoms with van der Waals surface area (Å²) in [6.45, 7) is 4.30. The van der Waals surface area contributed by atoms with Crippen LogP contribution in [0, 0.1) is 0 Å². The molecule has 0 spiro atoms. The van der Waals surface area contributed by atoms with Crippen LogP contribution in [0.4, 0.5) is 18.9 Å². The number of rotatable bonds is 6. The van der Waals surface area contributed by atoms with E-state index < -0.39 is 29.8 Å². The fourth-order valence-corrected chi connectivity index (χ4v) is 2.57. The second-order valence-corrected chi connectivity index (χ2v) is 5.98. The fourth-order valence-electron chi connectivity index (χ4n) is 2.57. The molecule has 0 aliphatic heterocycles. The highest BCUT2D eigenvalue weighted by atomic mass is 19.4. The molecule has 0 saturated carbocycles. The molecule has 28 heavy (non-hydrogen) atoms. The Kier molecular flexibility index (Phi) is 6.61. The third-order valence-electron chi connectivity index (χ3n) is 4.09. The molecule has 0 aliphatic carbocycles. The molecule has 2 aromatic rings. The molecule has 0 aliphatic rings. The highest BCUT2D eigenvalue weighted by Crippen LogP contribution is 2.28. The van der Waals surface area contributed by atoms with E-state index >= 15 is 0 Å². The number of pyridine rings is 1. The summed E-state index contributed by atoms with van der Waals surface area (Å²) in [6.07, 6.45) is -4.01. The molecule has 150 valence electrons. The molecule has 9 heteroatoms. The van der Waals surface area contributed by atoms with Crippen molar-refractivity contribution in [2.24, 2.45) is 0 Å². The maximum absolute atomic E-state index is 12.7. The molecular weight excluding hydrogens is 375 g/mol. The predicted molar refractivity (Wildman–Crippen MR) is 98.0 cm³/mol. The van der Waals surface area contributed by atoms with Crippen molar-refractivity contribution in [2.45, 2.75) is 26.6 Å². The summed E-state index contributed by atoms with van der Waals surface area (Å²) < 4.78 is 38.9. The van der Waals surface area contributed by atoms with E-state index in [0.717, 1.165) is 6.07 Å². The Morgan fingerprint density at radius 2 is 1.64 bits per heavy atom. The zero-order valence-corrected chi connectivity index (χ0v) is 15.4. The van der Waals surface area contributed by atoms with Crippen LogP contribution in [0.3, 0.4) is 0 Å². The number of carbonyl (C=O) groups excluding carboxylic acids is 2. The molecular formula is C19H20F3N3O3. The first-order chi connectivity index (χ1) is 13.2. The lowest BCUT2D eigenvalue weighted by molar-refractivity contribution is -0.138. The number of amides is 2. The molecule has 0 atom stereocenters. The van der Waals surface area contributed by atoms with Crippen LogP contribution >= 0.6 is 0 Å². The molecule has 0 unspecified atom stereocenters. The highest BCUT2D eigenvalue weighted by Gasteiger charge is 2.31. The largest absolute Gasteiger partial charge is 0.417 e. The summed E-state index contributed by atoms with van der Waals surface area (Å²) in [5.74, 6) is -0.803. The highest BCUT2D eigenvalue weighted by molar-refractivity contribution is 5.95. The lowest BCUT2D eigenvalue weighted by Crippen LogP contribution is -2.30. The van der Waals surface area contributed by atoms with Gasteiger partial charge in [-0.2, -0.15) is 13.2 Å². The number of carbonyl (C=O) groups is 2. The van der Waals surface area contributed by atoms with E-state index in [1.54, 1.807) is 17.0 Å².